The molecule has 0 aliphatic heterocycles. The number of hydrogen-bond donors (Lipinski definition) is 1. The molecule has 8 heteroatoms. The van der Waals surface area contributed by atoms with Gasteiger partial charge in [0.05, 0.1) is 7.11 Å². The summed E-state index contributed by atoms with van der Waals surface area (Å²) in [5, 5.41) is 3.29. The average Bonchev–Trinajstić information content (AvgIpc) is 2.94. The van der Waals surface area contributed by atoms with Gasteiger partial charge < -0.3 is 23.9 Å². The number of unbranched alkanes of at least 4 members (excludes halogenated alkanes) is 1. The second-order valence-corrected chi connectivity index (χ2v) is 8.69. The Morgan fingerprint density at radius 1 is 0.947 bits per heavy atom. The second kappa shape index (κ2) is 12.6. The minimum Gasteiger partial charge on any atom is -0.497 e. The highest BCUT2D eigenvalue weighted by atomic mass is 16.6. The van der Waals surface area contributed by atoms with Crippen LogP contribution in [0.1, 0.15) is 31.7 Å². The number of ether oxygens (including phenoxy) is 3. The summed E-state index contributed by atoms with van der Waals surface area (Å²) < 4.78 is 21.4. The average molecular weight is 516 g/mol. The molecule has 1 aromatic heterocycles. The fraction of sp³-hybridized carbons (Fsp3) is 0.233. The third kappa shape index (κ3) is 6.79. The largest absolute Gasteiger partial charge is 0.497 e. The van der Waals surface area contributed by atoms with E-state index in [0.717, 1.165) is 17.5 Å². The van der Waals surface area contributed by atoms with Crippen LogP contribution in [0, 0.1) is 0 Å². The van der Waals surface area contributed by atoms with E-state index >= 15 is 0 Å². The number of benzene rings is 3. The monoisotopic (exact) mass is 515 g/mol. The number of hydrogen-bond acceptors (Lipinski definition) is 7. The Morgan fingerprint density at radius 2 is 1.68 bits per heavy atom. The van der Waals surface area contributed by atoms with Gasteiger partial charge in [0.2, 0.25) is 0 Å². The molecule has 0 saturated carbocycles. The topological polar surface area (TPSA) is 104 Å². The molecule has 0 aliphatic carbocycles. The number of alkyl carbamates (subject to hydrolysis) is 1. The number of carbonyl (C=O) groups excluding carboxylic acids is 2. The molecule has 0 unspecified atom stereocenters. The zero-order valence-corrected chi connectivity index (χ0v) is 21.3. The fourth-order valence-electron chi connectivity index (χ4n) is 3.97. The van der Waals surface area contributed by atoms with E-state index in [2.05, 4.69) is 5.32 Å². The molecule has 0 spiro atoms. The van der Waals surface area contributed by atoms with Crippen molar-refractivity contribution in [2.24, 2.45) is 0 Å². The predicted octanol–water partition coefficient (Wildman–Crippen LogP) is 5.86. The maximum absolute atomic E-state index is 13.0. The van der Waals surface area contributed by atoms with E-state index < -0.39 is 23.7 Å². The number of esters is 1. The van der Waals surface area contributed by atoms with Crippen molar-refractivity contribution in [1.29, 1.82) is 0 Å². The molecular formula is C30H29NO7. The molecule has 0 fully saturated rings. The summed E-state index contributed by atoms with van der Waals surface area (Å²) >= 11 is 0. The van der Waals surface area contributed by atoms with E-state index in [1.165, 1.54) is 12.1 Å². The van der Waals surface area contributed by atoms with Crippen LogP contribution < -0.4 is 20.4 Å². The Morgan fingerprint density at radius 3 is 2.39 bits per heavy atom. The maximum Gasteiger partial charge on any atom is 0.408 e. The standard InChI is InChI=1S/C30H29NO7/c1-3-4-10-26(31-30(34)36-19-20-8-6-5-7-9-20)29(33)37-23-15-16-24-25(18-28(32)38-27(24)17-23)21-11-13-22(35-2)14-12-21/h5-9,11-18,26H,3-4,10,19H2,1-2H3,(H,31,34)/t26-/m0/s1. The van der Waals surface area contributed by atoms with Crippen molar-refractivity contribution >= 4 is 23.0 Å². The highest BCUT2D eigenvalue weighted by Crippen LogP contribution is 2.31. The molecule has 0 radical (unpaired) electrons. The van der Waals surface area contributed by atoms with Gasteiger partial charge in [-0.05, 0) is 47.4 Å². The normalized spacial score (nSPS) is 11.5. The molecule has 8 nitrogen and oxygen atoms in total. The SMILES string of the molecule is CCCC[C@H](NC(=O)OCc1ccccc1)C(=O)Oc1ccc2c(-c3ccc(OC)cc3)cc(=O)oc2c1. The summed E-state index contributed by atoms with van der Waals surface area (Å²) in [5.41, 5.74) is 2.07. The molecule has 4 aromatic rings. The van der Waals surface area contributed by atoms with Crippen LogP contribution in [0.5, 0.6) is 11.5 Å². The van der Waals surface area contributed by atoms with Crippen LogP contribution in [-0.4, -0.2) is 25.2 Å². The van der Waals surface area contributed by atoms with Gasteiger partial charge in [-0.15, -0.1) is 0 Å². The van der Waals surface area contributed by atoms with Gasteiger partial charge in [-0.3, -0.25) is 0 Å². The summed E-state index contributed by atoms with van der Waals surface area (Å²) in [7, 11) is 1.58. The maximum atomic E-state index is 13.0. The van der Waals surface area contributed by atoms with Crippen molar-refractivity contribution in [3.8, 4) is 22.6 Å². The van der Waals surface area contributed by atoms with Crippen molar-refractivity contribution in [1.82, 2.24) is 5.32 Å². The first-order chi connectivity index (χ1) is 18.5. The second-order valence-electron chi connectivity index (χ2n) is 8.69. The third-order valence-corrected chi connectivity index (χ3v) is 5.97. The van der Waals surface area contributed by atoms with E-state index in [0.29, 0.717) is 29.5 Å². The summed E-state index contributed by atoms with van der Waals surface area (Å²) in [5.74, 6) is 0.256. The first-order valence-corrected chi connectivity index (χ1v) is 12.4. The van der Waals surface area contributed by atoms with Crippen LogP contribution in [0.2, 0.25) is 0 Å². The number of nitrogens with one attached hydrogen (secondary N) is 1. The Hall–Kier alpha value is -4.59. The predicted molar refractivity (Wildman–Crippen MR) is 143 cm³/mol. The Balaban J connectivity index is 1.49. The third-order valence-electron chi connectivity index (χ3n) is 5.97. The zero-order chi connectivity index (χ0) is 26.9. The lowest BCUT2D eigenvalue weighted by Crippen LogP contribution is -2.43. The van der Waals surface area contributed by atoms with Gasteiger partial charge in [-0.1, -0.05) is 62.2 Å². The summed E-state index contributed by atoms with van der Waals surface area (Å²) in [6, 6.07) is 21.9. The van der Waals surface area contributed by atoms with Crippen molar-refractivity contribution < 1.29 is 28.2 Å². The molecule has 1 N–H and O–H groups in total. The molecule has 0 bridgehead atoms. The first-order valence-electron chi connectivity index (χ1n) is 12.4. The fourth-order valence-corrected chi connectivity index (χ4v) is 3.97. The molecular weight excluding hydrogens is 486 g/mol. The van der Waals surface area contributed by atoms with Crippen LogP contribution >= 0.6 is 0 Å². The molecule has 1 heterocycles. The summed E-state index contributed by atoms with van der Waals surface area (Å²) in [6.07, 6.45) is 1.22. The van der Waals surface area contributed by atoms with E-state index in [1.54, 1.807) is 31.4 Å². The van der Waals surface area contributed by atoms with Gasteiger partial charge >= 0.3 is 17.7 Å². The summed E-state index contributed by atoms with van der Waals surface area (Å²) in [4.78, 5) is 37.6. The molecule has 3 aromatic carbocycles. The van der Waals surface area contributed by atoms with Gasteiger partial charge in [0.1, 0.15) is 29.7 Å². The smallest absolute Gasteiger partial charge is 0.408 e. The van der Waals surface area contributed by atoms with E-state index in [1.807, 2.05) is 49.4 Å². The Bertz CT molecular complexity index is 1450. The van der Waals surface area contributed by atoms with Gasteiger partial charge in [0.15, 0.2) is 0 Å². The van der Waals surface area contributed by atoms with Crippen LogP contribution in [-0.2, 0) is 16.1 Å². The van der Waals surface area contributed by atoms with Crippen molar-refractivity contribution in [3.05, 3.63) is 94.8 Å². The lowest BCUT2D eigenvalue weighted by molar-refractivity contribution is -0.136. The number of carbonyl (C=O) groups is 2. The van der Waals surface area contributed by atoms with Crippen LogP contribution in [0.15, 0.2) is 88.1 Å². The molecule has 4 rings (SSSR count). The molecule has 0 saturated heterocycles. The van der Waals surface area contributed by atoms with Crippen molar-refractivity contribution in [2.75, 3.05) is 7.11 Å². The molecule has 196 valence electrons. The molecule has 38 heavy (non-hydrogen) atoms. The number of amides is 1. The van der Waals surface area contributed by atoms with Gasteiger partial charge in [-0.25, -0.2) is 14.4 Å². The minimum absolute atomic E-state index is 0.0858. The first kappa shape index (κ1) is 26.5. The van der Waals surface area contributed by atoms with Gasteiger partial charge in [0.25, 0.3) is 0 Å². The van der Waals surface area contributed by atoms with Gasteiger partial charge in [0, 0.05) is 17.5 Å². The van der Waals surface area contributed by atoms with E-state index in [-0.39, 0.29) is 17.9 Å². The highest BCUT2D eigenvalue weighted by Gasteiger charge is 2.23. The van der Waals surface area contributed by atoms with E-state index in [4.69, 9.17) is 18.6 Å². The quantitative estimate of drug-likeness (QED) is 0.160. The Labute approximate surface area is 220 Å². The number of methoxy groups -OCH3 is 1. The van der Waals surface area contributed by atoms with Crippen molar-refractivity contribution in [3.63, 3.8) is 0 Å². The number of fused-ring (bicyclic) bond motifs is 1. The van der Waals surface area contributed by atoms with Crippen LogP contribution in [0.25, 0.3) is 22.1 Å². The highest BCUT2D eigenvalue weighted by molar-refractivity contribution is 5.94. The Kier molecular flexibility index (Phi) is 8.77. The van der Waals surface area contributed by atoms with E-state index in [9.17, 15) is 14.4 Å². The minimum atomic E-state index is -0.897. The van der Waals surface area contributed by atoms with Crippen LogP contribution in [0.4, 0.5) is 4.79 Å². The van der Waals surface area contributed by atoms with Crippen molar-refractivity contribution in [2.45, 2.75) is 38.8 Å². The van der Waals surface area contributed by atoms with Crippen LogP contribution in [0.3, 0.4) is 0 Å². The summed E-state index contributed by atoms with van der Waals surface area (Å²) in [6.45, 7) is 2.07. The lowest BCUT2D eigenvalue weighted by atomic mass is 10.0. The number of rotatable bonds is 10. The van der Waals surface area contributed by atoms with Gasteiger partial charge in [-0.2, -0.15) is 0 Å². The lowest BCUT2D eigenvalue weighted by Gasteiger charge is -2.17. The molecule has 1 amide bonds. The molecule has 0 aliphatic rings. The molecule has 1 atom stereocenters. The zero-order valence-electron chi connectivity index (χ0n) is 21.3.